The van der Waals surface area contributed by atoms with Crippen LogP contribution in [0.5, 0.6) is 23.0 Å². The first-order valence-corrected chi connectivity index (χ1v) is 10.8. The van der Waals surface area contributed by atoms with E-state index < -0.39 is 23.4 Å². The molecular weight excluding hydrogens is 412 g/mol. The lowest BCUT2D eigenvalue weighted by atomic mass is 10.0. The van der Waals surface area contributed by atoms with E-state index in [1.165, 1.54) is 0 Å². The van der Waals surface area contributed by atoms with Gasteiger partial charge in [0.25, 0.3) is 11.8 Å². The summed E-state index contributed by atoms with van der Waals surface area (Å²) >= 11 is 0. The van der Waals surface area contributed by atoms with Crippen LogP contribution in [0, 0.1) is 0 Å². The van der Waals surface area contributed by atoms with E-state index in [4.69, 9.17) is 4.74 Å². The summed E-state index contributed by atoms with van der Waals surface area (Å²) in [5.41, 5.74) is 1.14. The molecule has 2 amide bonds. The maximum atomic E-state index is 12.7. The molecule has 0 aliphatic carbocycles. The number of amides is 2. The Hall–Kier alpha value is -3.42. The molecule has 1 fully saturated rings. The van der Waals surface area contributed by atoms with Gasteiger partial charge in [0.2, 0.25) is 0 Å². The number of likely N-dealkylation sites (tertiary alicyclic amines) is 1. The number of phenolic OH excluding ortho intramolecular Hbond substituents is 3. The lowest BCUT2D eigenvalue weighted by Crippen LogP contribution is -2.49. The standard InChI is InChI=1S/C24H30N2O6/c1-14(2)18-6-4-5-7-21(18)32-15(3)23(30)25-17-8-10-26(11-9-17)24(31)16-12-19(27)22(29)20(28)13-16/h4-7,12-15,17,27-29H,8-11H2,1-3H3,(H,25,30). The second-order valence-electron chi connectivity index (χ2n) is 8.39. The van der Waals surface area contributed by atoms with Crippen molar-refractivity contribution in [2.45, 2.75) is 51.7 Å². The van der Waals surface area contributed by atoms with Crippen LogP contribution in [0.1, 0.15) is 55.5 Å². The summed E-state index contributed by atoms with van der Waals surface area (Å²) < 4.78 is 5.91. The topological polar surface area (TPSA) is 119 Å². The molecule has 3 rings (SSSR count). The molecule has 1 aliphatic rings. The zero-order valence-electron chi connectivity index (χ0n) is 18.5. The minimum atomic E-state index is -0.657. The van der Waals surface area contributed by atoms with Crippen LogP contribution in [0.15, 0.2) is 36.4 Å². The fourth-order valence-electron chi connectivity index (χ4n) is 3.76. The smallest absolute Gasteiger partial charge is 0.260 e. The molecule has 1 heterocycles. The number of nitrogens with one attached hydrogen (secondary N) is 1. The molecule has 4 N–H and O–H groups in total. The van der Waals surface area contributed by atoms with E-state index in [0.717, 1.165) is 17.7 Å². The first-order valence-electron chi connectivity index (χ1n) is 10.8. The van der Waals surface area contributed by atoms with Gasteiger partial charge in [-0.2, -0.15) is 0 Å². The van der Waals surface area contributed by atoms with Crippen molar-refractivity contribution in [3.8, 4) is 23.0 Å². The summed E-state index contributed by atoms with van der Waals surface area (Å²) in [5, 5.41) is 31.7. The van der Waals surface area contributed by atoms with E-state index in [0.29, 0.717) is 31.7 Å². The van der Waals surface area contributed by atoms with Gasteiger partial charge in [0.15, 0.2) is 23.4 Å². The van der Waals surface area contributed by atoms with Gasteiger partial charge in [-0.3, -0.25) is 9.59 Å². The molecule has 8 heteroatoms. The van der Waals surface area contributed by atoms with Crippen molar-refractivity contribution in [2.24, 2.45) is 0 Å². The Morgan fingerprint density at radius 3 is 2.22 bits per heavy atom. The summed E-state index contributed by atoms with van der Waals surface area (Å²) in [6.07, 6.45) is 0.489. The SMILES string of the molecule is CC(Oc1ccccc1C(C)C)C(=O)NC1CCN(C(=O)c2cc(O)c(O)c(O)c2)CC1. The molecule has 1 aliphatic heterocycles. The second kappa shape index (κ2) is 9.80. The molecule has 8 nitrogen and oxygen atoms in total. The van der Waals surface area contributed by atoms with Crippen LogP contribution in [0.3, 0.4) is 0 Å². The number of hydrogen-bond acceptors (Lipinski definition) is 6. The second-order valence-corrected chi connectivity index (χ2v) is 8.39. The van der Waals surface area contributed by atoms with Gasteiger partial charge < -0.3 is 30.3 Å². The van der Waals surface area contributed by atoms with Crippen molar-refractivity contribution in [1.29, 1.82) is 0 Å². The highest BCUT2D eigenvalue weighted by Gasteiger charge is 2.27. The van der Waals surface area contributed by atoms with E-state index in [1.807, 2.05) is 24.3 Å². The number of benzene rings is 2. The fourth-order valence-corrected chi connectivity index (χ4v) is 3.76. The number of rotatable bonds is 6. The highest BCUT2D eigenvalue weighted by Crippen LogP contribution is 2.36. The molecule has 2 aromatic carbocycles. The molecule has 1 saturated heterocycles. The Morgan fingerprint density at radius 2 is 1.62 bits per heavy atom. The molecule has 0 radical (unpaired) electrons. The minimum Gasteiger partial charge on any atom is -0.504 e. The monoisotopic (exact) mass is 442 g/mol. The Balaban J connectivity index is 1.53. The number of ether oxygens (including phenoxy) is 1. The van der Waals surface area contributed by atoms with Crippen LogP contribution in [0.2, 0.25) is 0 Å². The van der Waals surface area contributed by atoms with Crippen molar-refractivity contribution in [3.05, 3.63) is 47.5 Å². The van der Waals surface area contributed by atoms with Gasteiger partial charge in [0, 0.05) is 24.7 Å². The third-order valence-electron chi connectivity index (χ3n) is 5.66. The third-order valence-corrected chi connectivity index (χ3v) is 5.66. The maximum Gasteiger partial charge on any atom is 0.260 e. The van der Waals surface area contributed by atoms with Crippen LogP contribution < -0.4 is 10.1 Å². The quantitative estimate of drug-likeness (QED) is 0.511. The molecule has 0 aromatic heterocycles. The number of carbonyl (C=O) groups is 2. The van der Waals surface area contributed by atoms with Gasteiger partial charge in [-0.25, -0.2) is 0 Å². The van der Waals surface area contributed by atoms with Crippen LogP contribution in [-0.2, 0) is 4.79 Å². The van der Waals surface area contributed by atoms with E-state index in [9.17, 15) is 24.9 Å². The van der Waals surface area contributed by atoms with Crippen LogP contribution in [0.4, 0.5) is 0 Å². The summed E-state index contributed by atoms with van der Waals surface area (Å²) in [6.45, 7) is 6.69. The normalized spacial score (nSPS) is 15.4. The number of para-hydroxylation sites is 1. The molecule has 0 spiro atoms. The molecule has 1 unspecified atom stereocenters. The maximum absolute atomic E-state index is 12.7. The summed E-state index contributed by atoms with van der Waals surface area (Å²) in [5.74, 6) is -1.35. The number of aromatic hydroxyl groups is 3. The van der Waals surface area contributed by atoms with Gasteiger partial charge in [-0.1, -0.05) is 32.0 Å². The molecule has 2 aromatic rings. The lowest BCUT2D eigenvalue weighted by molar-refractivity contribution is -0.128. The van der Waals surface area contributed by atoms with Crippen LogP contribution in [-0.4, -0.2) is 57.3 Å². The average Bonchev–Trinajstić information content (AvgIpc) is 2.77. The van der Waals surface area contributed by atoms with E-state index >= 15 is 0 Å². The highest BCUT2D eigenvalue weighted by atomic mass is 16.5. The minimum absolute atomic E-state index is 0.0837. The third kappa shape index (κ3) is 5.25. The summed E-state index contributed by atoms with van der Waals surface area (Å²) in [4.78, 5) is 26.9. The van der Waals surface area contributed by atoms with Crippen molar-refractivity contribution in [1.82, 2.24) is 10.2 Å². The van der Waals surface area contributed by atoms with E-state index in [1.54, 1.807) is 11.8 Å². The Labute approximate surface area is 187 Å². The van der Waals surface area contributed by atoms with E-state index in [-0.39, 0.29) is 29.3 Å². The fraction of sp³-hybridized carbons (Fsp3) is 0.417. The predicted molar refractivity (Wildman–Crippen MR) is 119 cm³/mol. The van der Waals surface area contributed by atoms with Gasteiger partial charge in [-0.15, -0.1) is 0 Å². The van der Waals surface area contributed by atoms with Crippen LogP contribution >= 0.6 is 0 Å². The summed E-state index contributed by atoms with van der Waals surface area (Å²) in [6, 6.07) is 9.85. The largest absolute Gasteiger partial charge is 0.504 e. The molecule has 0 saturated carbocycles. The van der Waals surface area contributed by atoms with Crippen molar-refractivity contribution < 1.29 is 29.6 Å². The van der Waals surface area contributed by atoms with Gasteiger partial charge >= 0.3 is 0 Å². The Kier molecular flexibility index (Phi) is 7.12. The Bertz CT molecular complexity index is 959. The zero-order chi connectivity index (χ0) is 23.4. The summed E-state index contributed by atoms with van der Waals surface area (Å²) in [7, 11) is 0. The molecule has 1 atom stereocenters. The number of carbonyl (C=O) groups excluding carboxylic acids is 2. The first-order chi connectivity index (χ1) is 15.2. The molecule has 172 valence electrons. The van der Waals surface area contributed by atoms with Crippen molar-refractivity contribution in [3.63, 3.8) is 0 Å². The number of hydrogen-bond donors (Lipinski definition) is 4. The van der Waals surface area contributed by atoms with Gasteiger partial charge in [0.1, 0.15) is 5.75 Å². The zero-order valence-corrected chi connectivity index (χ0v) is 18.5. The molecule has 0 bridgehead atoms. The van der Waals surface area contributed by atoms with Gasteiger partial charge in [-0.05, 0) is 49.4 Å². The number of phenols is 3. The van der Waals surface area contributed by atoms with Crippen molar-refractivity contribution in [2.75, 3.05) is 13.1 Å². The van der Waals surface area contributed by atoms with Gasteiger partial charge in [0.05, 0.1) is 0 Å². The Morgan fingerprint density at radius 1 is 1.03 bits per heavy atom. The first kappa shape index (κ1) is 23.2. The average molecular weight is 443 g/mol. The molecular formula is C24H30N2O6. The predicted octanol–water partition coefficient (Wildman–Crippen LogP) is 3.12. The van der Waals surface area contributed by atoms with E-state index in [2.05, 4.69) is 19.2 Å². The molecule has 32 heavy (non-hydrogen) atoms. The lowest BCUT2D eigenvalue weighted by Gasteiger charge is -2.33. The van der Waals surface area contributed by atoms with Crippen molar-refractivity contribution >= 4 is 11.8 Å². The number of piperidine rings is 1. The number of nitrogens with zero attached hydrogens (tertiary/aromatic N) is 1. The highest BCUT2D eigenvalue weighted by molar-refractivity contribution is 5.95. The van der Waals surface area contributed by atoms with Crippen LogP contribution in [0.25, 0.3) is 0 Å².